The Kier molecular flexibility index (Phi) is 3.79. The van der Waals surface area contributed by atoms with E-state index in [0.717, 1.165) is 0 Å². The first-order chi connectivity index (χ1) is 8.66. The van der Waals surface area contributed by atoms with E-state index in [1.54, 1.807) is 49.6 Å². The van der Waals surface area contributed by atoms with Crippen LogP contribution in [0.3, 0.4) is 0 Å². The van der Waals surface area contributed by atoms with Gasteiger partial charge in [-0.05, 0) is 37.3 Å². The van der Waals surface area contributed by atoms with Gasteiger partial charge in [0.05, 0.1) is 6.26 Å². The Morgan fingerprint density at radius 2 is 2.17 bits per heavy atom. The number of carbonyl (C=O) groups excluding carboxylic acids is 1. The van der Waals surface area contributed by atoms with Crippen molar-refractivity contribution >= 4 is 23.2 Å². The lowest BCUT2D eigenvalue weighted by molar-refractivity contribution is 0.0955. The summed E-state index contributed by atoms with van der Waals surface area (Å²) in [5, 5.41) is 4.46. The van der Waals surface area contributed by atoms with Crippen LogP contribution in [-0.2, 0) is 0 Å². The van der Waals surface area contributed by atoms with Gasteiger partial charge in [0.1, 0.15) is 11.5 Å². The summed E-state index contributed by atoms with van der Waals surface area (Å²) in [5.74, 6) is 0.296. The fourth-order valence-corrected chi connectivity index (χ4v) is 1.56. The lowest BCUT2D eigenvalue weighted by Gasteiger charge is -2.01. The lowest BCUT2D eigenvalue weighted by atomic mass is 10.2. The van der Waals surface area contributed by atoms with E-state index >= 15 is 0 Å². The average Bonchev–Trinajstić information content (AvgIpc) is 2.89. The van der Waals surface area contributed by atoms with E-state index in [-0.39, 0.29) is 5.91 Å². The maximum absolute atomic E-state index is 11.8. The zero-order valence-electron chi connectivity index (χ0n) is 9.68. The van der Waals surface area contributed by atoms with Crippen LogP contribution in [0.15, 0.2) is 52.2 Å². The van der Waals surface area contributed by atoms with Crippen LogP contribution in [0, 0.1) is 0 Å². The highest BCUT2D eigenvalue weighted by molar-refractivity contribution is 6.30. The van der Waals surface area contributed by atoms with Crippen LogP contribution in [0.1, 0.15) is 23.0 Å². The Bertz CT molecular complexity index is 576. The molecule has 0 fully saturated rings. The molecule has 0 atom stereocenters. The van der Waals surface area contributed by atoms with Crippen molar-refractivity contribution in [1.82, 2.24) is 5.43 Å². The second kappa shape index (κ2) is 5.51. The number of amides is 1. The highest BCUT2D eigenvalue weighted by Crippen LogP contribution is 2.10. The van der Waals surface area contributed by atoms with Crippen LogP contribution < -0.4 is 5.43 Å². The molecular weight excluding hydrogens is 252 g/mol. The Balaban J connectivity index is 2.07. The largest absolute Gasteiger partial charge is 0.463 e. The monoisotopic (exact) mass is 262 g/mol. The van der Waals surface area contributed by atoms with E-state index in [0.29, 0.717) is 22.1 Å². The van der Waals surface area contributed by atoms with Crippen molar-refractivity contribution in [1.29, 1.82) is 0 Å². The molecule has 2 aromatic rings. The Morgan fingerprint density at radius 1 is 1.33 bits per heavy atom. The van der Waals surface area contributed by atoms with Crippen molar-refractivity contribution < 1.29 is 9.21 Å². The van der Waals surface area contributed by atoms with Gasteiger partial charge in [-0.25, -0.2) is 5.43 Å². The molecule has 4 nitrogen and oxygen atoms in total. The van der Waals surface area contributed by atoms with Gasteiger partial charge in [-0.2, -0.15) is 5.10 Å². The molecule has 0 unspecified atom stereocenters. The number of hydrazone groups is 1. The molecule has 0 aliphatic rings. The third-order valence-corrected chi connectivity index (χ3v) is 2.52. The molecule has 2 rings (SSSR count). The molecular formula is C13H11ClN2O2. The predicted octanol–water partition coefficient (Wildman–Crippen LogP) is 3.09. The standard InChI is InChI=1S/C13H11ClN2O2/c1-9(12-6-3-7-18-12)15-16-13(17)10-4-2-5-11(14)8-10/h2-8H,1H3,(H,16,17). The average molecular weight is 263 g/mol. The smallest absolute Gasteiger partial charge is 0.271 e. The second-order valence-electron chi connectivity index (χ2n) is 3.63. The number of hydrogen-bond donors (Lipinski definition) is 1. The topological polar surface area (TPSA) is 54.6 Å². The molecule has 1 amide bonds. The lowest BCUT2D eigenvalue weighted by Crippen LogP contribution is -2.19. The fraction of sp³-hybridized carbons (Fsp3) is 0.0769. The van der Waals surface area contributed by atoms with Gasteiger partial charge < -0.3 is 4.42 Å². The maximum atomic E-state index is 11.8. The molecule has 0 spiro atoms. The molecule has 1 N–H and O–H groups in total. The highest BCUT2D eigenvalue weighted by Gasteiger charge is 2.05. The van der Waals surface area contributed by atoms with Crippen LogP contribution >= 0.6 is 11.6 Å². The minimum Gasteiger partial charge on any atom is -0.463 e. The van der Waals surface area contributed by atoms with E-state index in [2.05, 4.69) is 10.5 Å². The van der Waals surface area contributed by atoms with Crippen LogP contribution in [0.2, 0.25) is 5.02 Å². The van der Waals surface area contributed by atoms with Crippen LogP contribution in [0.4, 0.5) is 0 Å². The molecule has 5 heteroatoms. The quantitative estimate of drug-likeness (QED) is 0.683. The number of hydrogen-bond acceptors (Lipinski definition) is 3. The predicted molar refractivity (Wildman–Crippen MR) is 69.8 cm³/mol. The van der Waals surface area contributed by atoms with Gasteiger partial charge in [-0.1, -0.05) is 17.7 Å². The summed E-state index contributed by atoms with van der Waals surface area (Å²) >= 11 is 5.80. The van der Waals surface area contributed by atoms with Crippen molar-refractivity contribution in [2.24, 2.45) is 5.10 Å². The molecule has 0 saturated heterocycles. The summed E-state index contributed by atoms with van der Waals surface area (Å²) in [6, 6.07) is 10.2. The third kappa shape index (κ3) is 2.99. The molecule has 18 heavy (non-hydrogen) atoms. The van der Waals surface area contributed by atoms with Crippen LogP contribution in [0.5, 0.6) is 0 Å². The van der Waals surface area contributed by atoms with Crippen molar-refractivity contribution in [2.45, 2.75) is 6.92 Å². The fourth-order valence-electron chi connectivity index (χ4n) is 1.37. The van der Waals surface area contributed by atoms with Crippen LogP contribution in [0.25, 0.3) is 0 Å². The SMILES string of the molecule is CC(=NNC(=O)c1cccc(Cl)c1)c1ccco1. The van der Waals surface area contributed by atoms with Gasteiger partial charge in [0.2, 0.25) is 0 Å². The first kappa shape index (κ1) is 12.4. The maximum Gasteiger partial charge on any atom is 0.271 e. The van der Waals surface area contributed by atoms with Crippen molar-refractivity contribution in [3.63, 3.8) is 0 Å². The van der Waals surface area contributed by atoms with E-state index in [4.69, 9.17) is 16.0 Å². The Morgan fingerprint density at radius 3 is 2.83 bits per heavy atom. The van der Waals surface area contributed by atoms with E-state index < -0.39 is 0 Å². The van der Waals surface area contributed by atoms with E-state index in [9.17, 15) is 4.79 Å². The normalized spacial score (nSPS) is 11.3. The van der Waals surface area contributed by atoms with Gasteiger partial charge >= 0.3 is 0 Å². The number of halogens is 1. The number of rotatable bonds is 3. The number of carbonyl (C=O) groups is 1. The first-order valence-corrected chi connectivity index (χ1v) is 5.68. The summed E-state index contributed by atoms with van der Waals surface area (Å²) < 4.78 is 5.15. The van der Waals surface area contributed by atoms with Crippen molar-refractivity contribution in [3.05, 3.63) is 59.0 Å². The minimum absolute atomic E-state index is 0.316. The molecule has 0 aliphatic heterocycles. The Labute approximate surface area is 109 Å². The number of benzene rings is 1. The first-order valence-electron chi connectivity index (χ1n) is 5.31. The molecule has 1 aromatic heterocycles. The molecule has 1 heterocycles. The van der Waals surface area contributed by atoms with Gasteiger partial charge in [-0.3, -0.25) is 4.79 Å². The van der Waals surface area contributed by atoms with E-state index in [1.165, 1.54) is 0 Å². The Hall–Kier alpha value is -2.07. The summed E-state index contributed by atoms with van der Waals surface area (Å²) in [7, 11) is 0. The molecule has 0 saturated carbocycles. The number of furan rings is 1. The number of nitrogens with one attached hydrogen (secondary N) is 1. The van der Waals surface area contributed by atoms with Gasteiger partial charge in [0, 0.05) is 10.6 Å². The summed E-state index contributed by atoms with van der Waals surface area (Å²) in [4.78, 5) is 11.8. The third-order valence-electron chi connectivity index (χ3n) is 2.29. The van der Waals surface area contributed by atoms with Crippen molar-refractivity contribution in [2.75, 3.05) is 0 Å². The van der Waals surface area contributed by atoms with Gasteiger partial charge in [0.25, 0.3) is 5.91 Å². The second-order valence-corrected chi connectivity index (χ2v) is 4.06. The summed E-state index contributed by atoms with van der Waals surface area (Å²) in [6.45, 7) is 1.75. The van der Waals surface area contributed by atoms with Gasteiger partial charge in [-0.15, -0.1) is 0 Å². The minimum atomic E-state index is -0.316. The van der Waals surface area contributed by atoms with Gasteiger partial charge in [0.15, 0.2) is 0 Å². The molecule has 0 radical (unpaired) electrons. The molecule has 1 aromatic carbocycles. The summed E-state index contributed by atoms with van der Waals surface area (Å²) in [5.41, 5.74) is 3.49. The number of nitrogens with zero attached hydrogens (tertiary/aromatic N) is 1. The zero-order chi connectivity index (χ0) is 13.0. The molecule has 0 aliphatic carbocycles. The summed E-state index contributed by atoms with van der Waals surface area (Å²) in [6.07, 6.45) is 1.55. The highest BCUT2D eigenvalue weighted by atomic mass is 35.5. The molecule has 0 bridgehead atoms. The van der Waals surface area contributed by atoms with Crippen LogP contribution in [-0.4, -0.2) is 11.6 Å². The zero-order valence-corrected chi connectivity index (χ0v) is 10.4. The van der Waals surface area contributed by atoms with Crippen molar-refractivity contribution in [3.8, 4) is 0 Å². The molecule has 92 valence electrons. The van der Waals surface area contributed by atoms with E-state index in [1.807, 2.05) is 0 Å².